The predicted molar refractivity (Wildman–Crippen MR) is 83.3 cm³/mol. The highest BCUT2D eigenvalue weighted by Crippen LogP contribution is 2.30. The van der Waals surface area contributed by atoms with Crippen molar-refractivity contribution in [3.05, 3.63) is 24.3 Å². The maximum absolute atomic E-state index is 12.1. The molecule has 1 atom stereocenters. The molecule has 1 fully saturated rings. The third kappa shape index (κ3) is 4.81. The van der Waals surface area contributed by atoms with Gasteiger partial charge >= 0.3 is 0 Å². The molecular weight excluding hydrogens is 272 g/mol. The maximum Gasteiger partial charge on any atom is 0.226 e. The Labute approximate surface area is 124 Å². The number of rotatable bonds is 5. The van der Waals surface area contributed by atoms with Gasteiger partial charge in [-0.1, -0.05) is 26.0 Å². The fourth-order valence-electron chi connectivity index (χ4n) is 2.10. The first-order valence-corrected chi connectivity index (χ1v) is 7.90. The third-order valence-corrected chi connectivity index (χ3v) is 4.04. The van der Waals surface area contributed by atoms with Crippen molar-refractivity contribution in [3.8, 4) is 0 Å². The van der Waals surface area contributed by atoms with E-state index in [0.29, 0.717) is 18.3 Å². The van der Waals surface area contributed by atoms with Gasteiger partial charge in [0.05, 0.1) is 18.9 Å². The number of hydrogen-bond acceptors (Lipinski definition) is 4. The summed E-state index contributed by atoms with van der Waals surface area (Å²) in [6.07, 6.45) is 0.445. The summed E-state index contributed by atoms with van der Waals surface area (Å²) in [7, 11) is 0. The first-order valence-electron chi connectivity index (χ1n) is 7.02. The Morgan fingerprint density at radius 1 is 1.50 bits per heavy atom. The van der Waals surface area contributed by atoms with E-state index in [1.54, 1.807) is 11.8 Å². The number of anilines is 1. The minimum atomic E-state index is 0.0322. The highest BCUT2D eigenvalue weighted by molar-refractivity contribution is 8.00. The van der Waals surface area contributed by atoms with E-state index in [-0.39, 0.29) is 11.9 Å². The number of para-hydroxylation sites is 1. The van der Waals surface area contributed by atoms with Crippen molar-refractivity contribution >= 4 is 23.4 Å². The van der Waals surface area contributed by atoms with Crippen LogP contribution in [-0.4, -0.2) is 37.0 Å². The summed E-state index contributed by atoms with van der Waals surface area (Å²) in [4.78, 5) is 13.2. The molecule has 0 spiro atoms. The van der Waals surface area contributed by atoms with Crippen LogP contribution in [0.5, 0.6) is 0 Å². The zero-order chi connectivity index (χ0) is 14.4. The molecule has 1 saturated heterocycles. The second-order valence-corrected chi connectivity index (χ2v) is 6.76. The molecule has 1 aromatic carbocycles. The van der Waals surface area contributed by atoms with Crippen molar-refractivity contribution < 1.29 is 9.53 Å². The average molecular weight is 294 g/mol. The van der Waals surface area contributed by atoms with Crippen LogP contribution in [0, 0.1) is 0 Å². The van der Waals surface area contributed by atoms with Gasteiger partial charge in [-0.15, -0.1) is 11.8 Å². The van der Waals surface area contributed by atoms with Gasteiger partial charge in [-0.25, -0.2) is 0 Å². The standard InChI is InChI=1S/C15H22N2O2S/c1-11(2)20-14-6-4-3-5-13(14)17-15(18)9-12-10-19-8-7-16-12/h3-6,11-12,16H,7-10H2,1-2H3,(H,17,18). The molecule has 1 unspecified atom stereocenters. The molecule has 110 valence electrons. The van der Waals surface area contributed by atoms with Gasteiger partial charge in [0.2, 0.25) is 5.91 Å². The van der Waals surface area contributed by atoms with Crippen molar-refractivity contribution in [2.75, 3.05) is 25.1 Å². The van der Waals surface area contributed by atoms with Gasteiger partial charge in [-0.2, -0.15) is 0 Å². The van der Waals surface area contributed by atoms with E-state index in [0.717, 1.165) is 23.7 Å². The Morgan fingerprint density at radius 3 is 3.00 bits per heavy atom. The lowest BCUT2D eigenvalue weighted by Gasteiger charge is -2.23. The van der Waals surface area contributed by atoms with Gasteiger partial charge in [0, 0.05) is 29.2 Å². The van der Waals surface area contributed by atoms with E-state index in [1.807, 2.05) is 24.3 Å². The fraction of sp³-hybridized carbons (Fsp3) is 0.533. The monoisotopic (exact) mass is 294 g/mol. The molecule has 1 amide bonds. The molecule has 0 aromatic heterocycles. The van der Waals surface area contributed by atoms with Crippen LogP contribution in [0.25, 0.3) is 0 Å². The molecule has 0 saturated carbocycles. The molecule has 1 aromatic rings. The van der Waals surface area contributed by atoms with Crippen LogP contribution in [0.1, 0.15) is 20.3 Å². The van der Waals surface area contributed by atoms with E-state index >= 15 is 0 Å². The number of nitrogens with one attached hydrogen (secondary N) is 2. The summed E-state index contributed by atoms with van der Waals surface area (Å²) >= 11 is 1.76. The number of thioether (sulfide) groups is 1. The van der Waals surface area contributed by atoms with Gasteiger partial charge in [0.15, 0.2) is 0 Å². The molecular formula is C15H22N2O2S. The summed E-state index contributed by atoms with van der Waals surface area (Å²) < 4.78 is 5.36. The van der Waals surface area contributed by atoms with Crippen LogP contribution in [-0.2, 0) is 9.53 Å². The Hall–Kier alpha value is -1.04. The maximum atomic E-state index is 12.1. The normalized spacial score (nSPS) is 19.1. The Balaban J connectivity index is 1.93. The van der Waals surface area contributed by atoms with Gasteiger partial charge in [0.1, 0.15) is 0 Å². The number of benzene rings is 1. The fourth-order valence-corrected chi connectivity index (χ4v) is 3.01. The first kappa shape index (κ1) is 15.4. The van der Waals surface area contributed by atoms with Gasteiger partial charge in [-0.3, -0.25) is 4.79 Å². The van der Waals surface area contributed by atoms with E-state index in [9.17, 15) is 4.79 Å². The SMILES string of the molecule is CC(C)Sc1ccccc1NC(=O)CC1COCCN1. The van der Waals surface area contributed by atoms with Crippen molar-refractivity contribution in [2.24, 2.45) is 0 Å². The summed E-state index contributed by atoms with van der Waals surface area (Å²) in [5, 5.41) is 6.79. The Morgan fingerprint density at radius 2 is 2.30 bits per heavy atom. The van der Waals surface area contributed by atoms with E-state index in [4.69, 9.17) is 4.74 Å². The number of carbonyl (C=O) groups excluding carboxylic acids is 1. The summed E-state index contributed by atoms with van der Waals surface area (Å²) in [5.74, 6) is 0.0322. The second-order valence-electron chi connectivity index (χ2n) is 5.14. The molecule has 1 aliphatic rings. The van der Waals surface area contributed by atoms with Gasteiger partial charge < -0.3 is 15.4 Å². The lowest BCUT2D eigenvalue weighted by atomic mass is 10.2. The van der Waals surface area contributed by atoms with Crippen LogP contribution in [0.2, 0.25) is 0 Å². The molecule has 0 radical (unpaired) electrons. The summed E-state index contributed by atoms with van der Waals surface area (Å²) in [6, 6.07) is 8.06. The van der Waals surface area contributed by atoms with Crippen molar-refractivity contribution in [2.45, 2.75) is 36.5 Å². The molecule has 2 rings (SSSR count). The molecule has 20 heavy (non-hydrogen) atoms. The van der Waals surface area contributed by atoms with Crippen LogP contribution >= 0.6 is 11.8 Å². The molecule has 1 heterocycles. The smallest absolute Gasteiger partial charge is 0.226 e. The predicted octanol–water partition coefficient (Wildman–Crippen LogP) is 2.50. The largest absolute Gasteiger partial charge is 0.378 e. The molecule has 2 N–H and O–H groups in total. The first-order chi connectivity index (χ1) is 9.65. The molecule has 1 aliphatic heterocycles. The number of hydrogen-bond donors (Lipinski definition) is 2. The van der Waals surface area contributed by atoms with Gasteiger partial charge in [-0.05, 0) is 12.1 Å². The van der Waals surface area contributed by atoms with Crippen molar-refractivity contribution in [1.82, 2.24) is 5.32 Å². The topological polar surface area (TPSA) is 50.4 Å². The Bertz CT molecular complexity index is 445. The molecule has 0 aliphatic carbocycles. The quantitative estimate of drug-likeness (QED) is 0.819. The third-order valence-electron chi connectivity index (χ3n) is 2.95. The summed E-state index contributed by atoms with van der Waals surface area (Å²) in [6.45, 7) is 6.44. The molecule has 0 bridgehead atoms. The van der Waals surface area contributed by atoms with E-state index < -0.39 is 0 Å². The van der Waals surface area contributed by atoms with Crippen LogP contribution < -0.4 is 10.6 Å². The number of ether oxygens (including phenoxy) is 1. The lowest BCUT2D eigenvalue weighted by Crippen LogP contribution is -2.43. The van der Waals surface area contributed by atoms with Crippen LogP contribution in [0.4, 0.5) is 5.69 Å². The lowest BCUT2D eigenvalue weighted by molar-refractivity contribution is -0.117. The van der Waals surface area contributed by atoms with Crippen LogP contribution in [0.15, 0.2) is 29.2 Å². The summed E-state index contributed by atoms with van der Waals surface area (Å²) in [5.41, 5.74) is 0.896. The number of amides is 1. The van der Waals surface area contributed by atoms with E-state index in [2.05, 4.69) is 24.5 Å². The minimum Gasteiger partial charge on any atom is -0.378 e. The highest BCUT2D eigenvalue weighted by atomic mass is 32.2. The molecule has 4 nitrogen and oxygen atoms in total. The zero-order valence-electron chi connectivity index (χ0n) is 12.0. The highest BCUT2D eigenvalue weighted by Gasteiger charge is 2.17. The van der Waals surface area contributed by atoms with E-state index in [1.165, 1.54) is 0 Å². The number of carbonyl (C=O) groups is 1. The number of morpholine rings is 1. The Kier molecular flexibility index (Phi) is 5.88. The minimum absolute atomic E-state index is 0.0322. The zero-order valence-corrected chi connectivity index (χ0v) is 12.8. The van der Waals surface area contributed by atoms with Gasteiger partial charge in [0.25, 0.3) is 0 Å². The van der Waals surface area contributed by atoms with Crippen molar-refractivity contribution in [3.63, 3.8) is 0 Å². The van der Waals surface area contributed by atoms with Crippen molar-refractivity contribution in [1.29, 1.82) is 0 Å². The second kappa shape index (κ2) is 7.67. The van der Waals surface area contributed by atoms with Crippen LogP contribution in [0.3, 0.4) is 0 Å². The average Bonchev–Trinajstić information content (AvgIpc) is 2.41. The molecule has 5 heteroatoms.